The molecular formula is C15H24N2O3. The lowest BCUT2D eigenvalue weighted by Gasteiger charge is -2.35. The van der Waals surface area contributed by atoms with Crippen LogP contribution >= 0.6 is 0 Å². The Balaban J connectivity index is 2.20. The van der Waals surface area contributed by atoms with Crippen LogP contribution in [0.15, 0.2) is 18.2 Å². The third-order valence-corrected chi connectivity index (χ3v) is 3.82. The van der Waals surface area contributed by atoms with E-state index in [0.29, 0.717) is 0 Å². The van der Waals surface area contributed by atoms with Crippen molar-refractivity contribution in [3.05, 3.63) is 23.8 Å². The second-order valence-electron chi connectivity index (χ2n) is 4.94. The van der Waals surface area contributed by atoms with E-state index in [-0.39, 0.29) is 12.1 Å². The number of ether oxygens (including phenoxy) is 3. The van der Waals surface area contributed by atoms with Crippen molar-refractivity contribution in [3.8, 4) is 11.5 Å². The van der Waals surface area contributed by atoms with E-state index in [4.69, 9.17) is 19.9 Å². The highest BCUT2D eigenvalue weighted by Crippen LogP contribution is 2.31. The summed E-state index contributed by atoms with van der Waals surface area (Å²) in [5.74, 6) is 1.55. The number of nitrogens with two attached hydrogens (primary N) is 1. The standard InChI is InChI=1S/C15H24N2O3/c1-4-17-7-8-20-14(10-17)15(16)12-9-11(18-2)5-6-13(12)19-3/h5-6,9,14-15H,4,7-8,10,16H2,1-3H3. The van der Waals surface area contributed by atoms with Gasteiger partial charge in [-0.3, -0.25) is 4.90 Å². The molecule has 1 aliphatic heterocycles. The fourth-order valence-electron chi connectivity index (χ4n) is 2.54. The van der Waals surface area contributed by atoms with Crippen molar-refractivity contribution in [1.29, 1.82) is 0 Å². The molecule has 1 aliphatic rings. The molecule has 0 aliphatic carbocycles. The number of methoxy groups -OCH3 is 2. The lowest BCUT2D eigenvalue weighted by Crippen LogP contribution is -2.46. The first kappa shape index (κ1) is 15.1. The molecule has 20 heavy (non-hydrogen) atoms. The van der Waals surface area contributed by atoms with Gasteiger partial charge in [0.2, 0.25) is 0 Å². The number of rotatable bonds is 5. The summed E-state index contributed by atoms with van der Waals surface area (Å²) in [5, 5.41) is 0. The molecule has 1 heterocycles. The molecule has 1 fully saturated rings. The lowest BCUT2D eigenvalue weighted by molar-refractivity contribution is -0.0395. The molecule has 1 aromatic carbocycles. The van der Waals surface area contributed by atoms with Crippen LogP contribution in [0.2, 0.25) is 0 Å². The van der Waals surface area contributed by atoms with Crippen LogP contribution in [-0.4, -0.2) is 51.5 Å². The number of nitrogens with zero attached hydrogens (tertiary/aromatic N) is 1. The van der Waals surface area contributed by atoms with Gasteiger partial charge >= 0.3 is 0 Å². The Kier molecular flexibility index (Phi) is 5.23. The van der Waals surface area contributed by atoms with E-state index in [0.717, 1.165) is 43.3 Å². The van der Waals surface area contributed by atoms with Crippen molar-refractivity contribution in [1.82, 2.24) is 4.90 Å². The van der Waals surface area contributed by atoms with Gasteiger partial charge in [0.1, 0.15) is 11.5 Å². The van der Waals surface area contributed by atoms with Crippen molar-refractivity contribution in [2.45, 2.75) is 19.1 Å². The van der Waals surface area contributed by atoms with Crippen LogP contribution in [0.25, 0.3) is 0 Å². The fourth-order valence-corrected chi connectivity index (χ4v) is 2.54. The van der Waals surface area contributed by atoms with E-state index in [1.165, 1.54) is 0 Å². The van der Waals surface area contributed by atoms with Gasteiger partial charge in [-0.25, -0.2) is 0 Å². The van der Waals surface area contributed by atoms with Gasteiger partial charge in [0.25, 0.3) is 0 Å². The van der Waals surface area contributed by atoms with Gasteiger partial charge in [-0.05, 0) is 24.7 Å². The van der Waals surface area contributed by atoms with Crippen molar-refractivity contribution in [2.75, 3.05) is 40.5 Å². The average Bonchev–Trinajstić information content (AvgIpc) is 2.53. The second kappa shape index (κ2) is 6.92. The Hall–Kier alpha value is -1.30. The topological polar surface area (TPSA) is 57.0 Å². The molecule has 0 amide bonds. The summed E-state index contributed by atoms with van der Waals surface area (Å²) in [4.78, 5) is 2.35. The van der Waals surface area contributed by atoms with Crippen molar-refractivity contribution in [2.24, 2.45) is 5.73 Å². The quantitative estimate of drug-likeness (QED) is 0.884. The monoisotopic (exact) mass is 280 g/mol. The zero-order valence-corrected chi connectivity index (χ0v) is 12.5. The predicted molar refractivity (Wildman–Crippen MR) is 78.3 cm³/mol. The van der Waals surface area contributed by atoms with Crippen LogP contribution in [0, 0.1) is 0 Å². The number of benzene rings is 1. The number of hydrogen-bond acceptors (Lipinski definition) is 5. The highest BCUT2D eigenvalue weighted by molar-refractivity contribution is 5.42. The van der Waals surface area contributed by atoms with Crippen molar-refractivity contribution in [3.63, 3.8) is 0 Å². The molecule has 5 nitrogen and oxygen atoms in total. The normalized spacial score (nSPS) is 21.5. The van der Waals surface area contributed by atoms with Crippen LogP contribution in [-0.2, 0) is 4.74 Å². The largest absolute Gasteiger partial charge is 0.497 e. The molecule has 0 radical (unpaired) electrons. The smallest absolute Gasteiger partial charge is 0.123 e. The Morgan fingerprint density at radius 1 is 1.40 bits per heavy atom. The van der Waals surface area contributed by atoms with E-state index in [9.17, 15) is 0 Å². The van der Waals surface area contributed by atoms with Gasteiger partial charge in [-0.2, -0.15) is 0 Å². The van der Waals surface area contributed by atoms with Gasteiger partial charge in [0.05, 0.1) is 33.0 Å². The summed E-state index contributed by atoms with van der Waals surface area (Å²) >= 11 is 0. The molecule has 0 aromatic heterocycles. The summed E-state index contributed by atoms with van der Waals surface area (Å²) in [6, 6.07) is 5.45. The van der Waals surface area contributed by atoms with Gasteiger partial charge in [0.15, 0.2) is 0 Å². The molecule has 112 valence electrons. The SMILES string of the molecule is CCN1CCOC(C(N)c2cc(OC)ccc2OC)C1. The molecule has 1 aromatic rings. The molecule has 1 saturated heterocycles. The van der Waals surface area contributed by atoms with Crippen LogP contribution in [0.5, 0.6) is 11.5 Å². The molecule has 0 saturated carbocycles. The summed E-state index contributed by atoms with van der Waals surface area (Å²) < 4.78 is 16.5. The van der Waals surface area contributed by atoms with Crippen LogP contribution in [0.4, 0.5) is 0 Å². The Labute approximate surface area is 120 Å². The fraction of sp³-hybridized carbons (Fsp3) is 0.600. The molecule has 5 heteroatoms. The third kappa shape index (κ3) is 3.23. The minimum atomic E-state index is -0.227. The van der Waals surface area contributed by atoms with Crippen LogP contribution < -0.4 is 15.2 Å². The maximum atomic E-state index is 6.40. The maximum absolute atomic E-state index is 6.40. The molecule has 2 unspecified atom stereocenters. The van der Waals surface area contributed by atoms with Gasteiger partial charge in [0, 0.05) is 18.7 Å². The summed E-state index contributed by atoms with van der Waals surface area (Å²) in [6.45, 7) is 5.70. The van der Waals surface area contributed by atoms with E-state index in [2.05, 4.69) is 11.8 Å². The van der Waals surface area contributed by atoms with E-state index in [1.54, 1.807) is 14.2 Å². The first-order valence-corrected chi connectivity index (χ1v) is 7.01. The Bertz CT molecular complexity index is 439. The number of likely N-dealkylation sites (N-methyl/N-ethyl adjacent to an activating group) is 1. The molecule has 0 spiro atoms. The minimum Gasteiger partial charge on any atom is -0.497 e. The van der Waals surface area contributed by atoms with Crippen LogP contribution in [0.3, 0.4) is 0 Å². The van der Waals surface area contributed by atoms with Gasteiger partial charge < -0.3 is 19.9 Å². The predicted octanol–water partition coefficient (Wildman–Crippen LogP) is 1.42. The van der Waals surface area contributed by atoms with E-state index < -0.39 is 0 Å². The maximum Gasteiger partial charge on any atom is 0.123 e. The first-order valence-electron chi connectivity index (χ1n) is 7.01. The second-order valence-corrected chi connectivity index (χ2v) is 4.94. The Morgan fingerprint density at radius 2 is 2.20 bits per heavy atom. The molecule has 0 bridgehead atoms. The summed E-state index contributed by atoms with van der Waals surface area (Å²) in [5.41, 5.74) is 7.33. The molecular weight excluding hydrogens is 256 g/mol. The van der Waals surface area contributed by atoms with E-state index in [1.807, 2.05) is 18.2 Å². The first-order chi connectivity index (χ1) is 9.69. The Morgan fingerprint density at radius 3 is 2.85 bits per heavy atom. The zero-order chi connectivity index (χ0) is 14.5. The van der Waals surface area contributed by atoms with Gasteiger partial charge in [-0.1, -0.05) is 6.92 Å². The number of morpholine rings is 1. The molecule has 2 atom stereocenters. The zero-order valence-electron chi connectivity index (χ0n) is 12.5. The minimum absolute atomic E-state index is 0.0234. The van der Waals surface area contributed by atoms with Crippen molar-refractivity contribution >= 4 is 0 Å². The van der Waals surface area contributed by atoms with E-state index >= 15 is 0 Å². The highest BCUT2D eigenvalue weighted by atomic mass is 16.5. The highest BCUT2D eigenvalue weighted by Gasteiger charge is 2.28. The summed E-state index contributed by atoms with van der Waals surface area (Å²) in [6.07, 6.45) is -0.0234. The summed E-state index contributed by atoms with van der Waals surface area (Å²) in [7, 11) is 3.30. The van der Waals surface area contributed by atoms with Gasteiger partial charge in [-0.15, -0.1) is 0 Å². The molecule has 2 N–H and O–H groups in total. The number of hydrogen-bond donors (Lipinski definition) is 1. The van der Waals surface area contributed by atoms with Crippen molar-refractivity contribution < 1.29 is 14.2 Å². The van der Waals surface area contributed by atoms with Crippen LogP contribution in [0.1, 0.15) is 18.5 Å². The third-order valence-electron chi connectivity index (χ3n) is 3.82. The lowest BCUT2D eigenvalue weighted by atomic mass is 9.99. The molecule has 2 rings (SSSR count). The average molecular weight is 280 g/mol.